The van der Waals surface area contributed by atoms with Crippen molar-refractivity contribution in [2.45, 2.75) is 19.8 Å². The molecule has 0 aromatic carbocycles. The van der Waals surface area contributed by atoms with Crippen molar-refractivity contribution in [3.63, 3.8) is 0 Å². The van der Waals surface area contributed by atoms with E-state index in [-0.39, 0.29) is 16.8 Å². The van der Waals surface area contributed by atoms with E-state index >= 15 is 0 Å². The van der Waals surface area contributed by atoms with Gasteiger partial charge in [0, 0.05) is 11.8 Å². The van der Waals surface area contributed by atoms with Crippen LogP contribution < -0.4 is 0 Å². The second-order valence-corrected chi connectivity index (χ2v) is 4.12. The Morgan fingerprint density at radius 1 is 1.63 bits per heavy atom. The van der Waals surface area contributed by atoms with Crippen LogP contribution in [0.4, 0.5) is 14.5 Å². The number of hydrogen-bond donors (Lipinski definition) is 0. The van der Waals surface area contributed by atoms with E-state index in [9.17, 15) is 23.7 Å². The molecule has 1 rings (SSSR count). The molecule has 0 amide bonds. The average molecular weight is 339 g/mol. The molecule has 19 heavy (non-hydrogen) atoms. The van der Waals surface area contributed by atoms with Gasteiger partial charge < -0.3 is 4.74 Å². The van der Waals surface area contributed by atoms with Gasteiger partial charge in [-0.05, 0) is 22.9 Å². The number of carbonyl (C=O) groups excluding carboxylic acids is 1. The summed E-state index contributed by atoms with van der Waals surface area (Å²) < 4.78 is 30.0. The minimum absolute atomic E-state index is 0.0584. The monoisotopic (exact) mass is 338 g/mol. The highest BCUT2D eigenvalue weighted by atomic mass is 79.9. The first-order valence-electron chi connectivity index (χ1n) is 5.13. The van der Waals surface area contributed by atoms with Crippen LogP contribution in [0.3, 0.4) is 0 Å². The van der Waals surface area contributed by atoms with Crippen molar-refractivity contribution in [2.75, 3.05) is 6.61 Å². The lowest BCUT2D eigenvalue weighted by Crippen LogP contribution is -2.12. The second kappa shape index (κ2) is 6.50. The fourth-order valence-electron chi connectivity index (χ4n) is 1.44. The topological polar surface area (TPSA) is 82.3 Å². The zero-order valence-corrected chi connectivity index (χ0v) is 11.3. The Kier molecular flexibility index (Phi) is 5.28. The third-order valence-corrected chi connectivity index (χ3v) is 2.77. The van der Waals surface area contributed by atoms with E-state index in [1.165, 1.54) is 0 Å². The number of aromatic nitrogens is 1. The number of esters is 1. The molecule has 0 aliphatic heterocycles. The van der Waals surface area contributed by atoms with Crippen molar-refractivity contribution in [1.82, 2.24) is 4.98 Å². The lowest BCUT2D eigenvalue weighted by atomic mass is 10.1. The summed E-state index contributed by atoms with van der Waals surface area (Å²) in [5.74, 6) is -0.814. The van der Waals surface area contributed by atoms with E-state index < -0.39 is 35.0 Å². The molecule has 0 saturated heterocycles. The van der Waals surface area contributed by atoms with E-state index in [4.69, 9.17) is 0 Å². The lowest BCUT2D eigenvalue weighted by Gasteiger charge is -2.09. The molecule has 1 aromatic heterocycles. The number of ether oxygens (including phenoxy) is 1. The maximum atomic E-state index is 12.8. The van der Waals surface area contributed by atoms with Gasteiger partial charge in [-0.25, -0.2) is 13.8 Å². The maximum Gasteiger partial charge on any atom is 0.310 e. The molecule has 0 atom stereocenters. The molecule has 0 fully saturated rings. The summed E-state index contributed by atoms with van der Waals surface area (Å²) in [6.45, 7) is 1.60. The van der Waals surface area contributed by atoms with Gasteiger partial charge in [0.25, 0.3) is 6.43 Å². The van der Waals surface area contributed by atoms with Gasteiger partial charge in [0.2, 0.25) is 0 Å². The van der Waals surface area contributed by atoms with Gasteiger partial charge in [-0.1, -0.05) is 0 Å². The Morgan fingerprint density at radius 3 is 2.74 bits per heavy atom. The zero-order valence-electron chi connectivity index (χ0n) is 9.73. The van der Waals surface area contributed by atoms with Gasteiger partial charge in [0.05, 0.1) is 23.5 Å². The number of nitrogens with zero attached hydrogens (tertiary/aromatic N) is 2. The highest BCUT2D eigenvalue weighted by molar-refractivity contribution is 9.10. The first-order valence-corrected chi connectivity index (χ1v) is 5.93. The van der Waals surface area contributed by atoms with Crippen molar-refractivity contribution in [3.8, 4) is 0 Å². The summed E-state index contributed by atoms with van der Waals surface area (Å²) >= 11 is 2.81. The van der Waals surface area contributed by atoms with Gasteiger partial charge in [-0.3, -0.25) is 14.9 Å². The number of halogens is 3. The summed E-state index contributed by atoms with van der Waals surface area (Å²) in [4.78, 5) is 24.9. The van der Waals surface area contributed by atoms with Crippen molar-refractivity contribution in [3.05, 3.63) is 32.0 Å². The van der Waals surface area contributed by atoms with Crippen molar-refractivity contribution in [2.24, 2.45) is 0 Å². The molecule has 6 nitrogen and oxygen atoms in total. The molecule has 0 N–H and O–H groups in total. The summed E-state index contributed by atoms with van der Waals surface area (Å²) in [7, 11) is 0. The van der Waals surface area contributed by atoms with Gasteiger partial charge in [-0.2, -0.15) is 0 Å². The third kappa shape index (κ3) is 3.66. The Labute approximate surface area is 115 Å². The molecule has 104 valence electrons. The quantitative estimate of drug-likeness (QED) is 0.357. The minimum atomic E-state index is -2.97. The van der Waals surface area contributed by atoms with Crippen molar-refractivity contribution in [1.29, 1.82) is 0 Å². The van der Waals surface area contributed by atoms with Crippen LogP contribution in [0.15, 0.2) is 10.8 Å². The predicted molar refractivity (Wildman–Crippen MR) is 63.9 cm³/mol. The Balaban J connectivity index is 3.33. The average Bonchev–Trinajstić information content (AvgIpc) is 2.28. The largest absolute Gasteiger partial charge is 0.466 e. The van der Waals surface area contributed by atoms with Gasteiger partial charge in [0.1, 0.15) is 0 Å². The Bertz CT molecular complexity index is 511. The number of alkyl halides is 2. The zero-order chi connectivity index (χ0) is 14.6. The van der Waals surface area contributed by atoms with Crippen LogP contribution in [0.2, 0.25) is 0 Å². The summed E-state index contributed by atoms with van der Waals surface area (Å²) in [5.41, 5.74) is -1.69. The highest BCUT2D eigenvalue weighted by Crippen LogP contribution is 2.34. The molecule has 0 radical (unpaired) electrons. The molecule has 9 heteroatoms. The van der Waals surface area contributed by atoms with Gasteiger partial charge >= 0.3 is 11.7 Å². The first-order chi connectivity index (χ1) is 8.88. The Hall–Kier alpha value is -1.64. The summed E-state index contributed by atoms with van der Waals surface area (Å²) in [6.07, 6.45) is -2.77. The number of pyridine rings is 1. The van der Waals surface area contributed by atoms with Gasteiger partial charge in [-0.15, -0.1) is 0 Å². The van der Waals surface area contributed by atoms with E-state index in [1.54, 1.807) is 6.92 Å². The molecule has 0 spiro atoms. The third-order valence-electron chi connectivity index (χ3n) is 2.19. The number of nitro groups is 1. The van der Waals surface area contributed by atoms with Gasteiger partial charge in [0.15, 0.2) is 4.60 Å². The molecule has 1 aromatic rings. The molecular weight excluding hydrogens is 330 g/mol. The van der Waals surface area contributed by atoms with Crippen molar-refractivity contribution >= 4 is 27.6 Å². The maximum absolute atomic E-state index is 12.8. The molecule has 0 bridgehead atoms. The highest BCUT2D eigenvalue weighted by Gasteiger charge is 2.28. The van der Waals surface area contributed by atoms with Crippen LogP contribution in [0.5, 0.6) is 0 Å². The van der Waals surface area contributed by atoms with Crippen LogP contribution in [0, 0.1) is 10.1 Å². The standard InChI is InChI=1S/C10H9BrF2N2O4/c1-2-19-7(16)3-5-6(10(12)13)4-14-9(11)8(5)15(17)18/h4,10H,2-3H2,1H3. The van der Waals surface area contributed by atoms with E-state index in [1.807, 2.05) is 0 Å². The molecule has 0 saturated carbocycles. The molecule has 0 aliphatic rings. The van der Waals surface area contributed by atoms with Crippen LogP contribution in [-0.2, 0) is 16.0 Å². The number of hydrogen-bond acceptors (Lipinski definition) is 5. The molecule has 1 heterocycles. The smallest absolute Gasteiger partial charge is 0.310 e. The number of rotatable bonds is 5. The fourth-order valence-corrected chi connectivity index (χ4v) is 1.93. The van der Waals surface area contributed by atoms with E-state index in [0.29, 0.717) is 0 Å². The van der Waals surface area contributed by atoms with Crippen LogP contribution in [-0.4, -0.2) is 22.5 Å². The van der Waals surface area contributed by atoms with Crippen LogP contribution in [0.25, 0.3) is 0 Å². The lowest BCUT2D eigenvalue weighted by molar-refractivity contribution is -0.386. The normalized spacial score (nSPS) is 10.6. The minimum Gasteiger partial charge on any atom is -0.466 e. The van der Waals surface area contributed by atoms with E-state index in [2.05, 4.69) is 25.7 Å². The first kappa shape index (κ1) is 15.4. The van der Waals surface area contributed by atoms with Crippen LogP contribution in [0.1, 0.15) is 24.5 Å². The fraction of sp³-hybridized carbons (Fsp3) is 0.400. The Morgan fingerprint density at radius 2 is 2.26 bits per heavy atom. The SMILES string of the molecule is CCOC(=O)Cc1c(C(F)F)cnc(Br)c1[N+](=O)[O-]. The molecule has 0 aliphatic carbocycles. The second-order valence-electron chi connectivity index (χ2n) is 3.37. The molecule has 0 unspecified atom stereocenters. The van der Waals surface area contributed by atoms with E-state index in [0.717, 1.165) is 6.20 Å². The van der Waals surface area contributed by atoms with Crippen molar-refractivity contribution < 1.29 is 23.2 Å². The number of carbonyl (C=O) groups is 1. The summed E-state index contributed by atoms with van der Waals surface area (Å²) in [5, 5.41) is 10.9. The predicted octanol–water partition coefficient (Wildman–Crippen LogP) is 2.80. The van der Waals surface area contributed by atoms with Crippen LogP contribution >= 0.6 is 15.9 Å². The summed E-state index contributed by atoms with van der Waals surface area (Å²) in [6, 6.07) is 0. The molecular formula is C10H9BrF2N2O4.